The first kappa shape index (κ1) is 23.0. The fourth-order valence-corrected chi connectivity index (χ4v) is 4.23. The number of rotatable bonds is 8. The first-order valence-corrected chi connectivity index (χ1v) is 11.3. The Kier molecular flexibility index (Phi) is 6.80. The number of ether oxygens (including phenoxy) is 1. The van der Waals surface area contributed by atoms with Gasteiger partial charge in [0.15, 0.2) is 6.29 Å². The van der Waals surface area contributed by atoms with Gasteiger partial charge in [-0.05, 0) is 38.1 Å². The van der Waals surface area contributed by atoms with Crippen LogP contribution in [0.4, 0.5) is 4.79 Å². The molecule has 0 bridgehead atoms. The second-order valence-corrected chi connectivity index (χ2v) is 8.64. The number of likely N-dealkylation sites (tertiary alicyclic amines) is 1. The number of cyclic esters (lactones) is 1. The maximum absolute atomic E-state index is 12.0. The Morgan fingerprint density at radius 1 is 1.39 bits per heavy atom. The zero-order valence-electron chi connectivity index (χ0n) is 19.5. The number of hydrogen-bond acceptors (Lipinski definition) is 7. The van der Waals surface area contributed by atoms with Crippen molar-refractivity contribution in [1.82, 2.24) is 25.3 Å². The smallest absolute Gasteiger partial charge is 0.415 e. The molecular formula is C24H32N6O3. The summed E-state index contributed by atoms with van der Waals surface area (Å²) in [6.07, 6.45) is 2.48. The third kappa shape index (κ3) is 4.94. The molecule has 0 saturated carbocycles. The van der Waals surface area contributed by atoms with Crippen molar-refractivity contribution in [2.24, 2.45) is 4.99 Å². The summed E-state index contributed by atoms with van der Waals surface area (Å²) >= 11 is 0. The molecule has 1 saturated heterocycles. The van der Waals surface area contributed by atoms with Crippen LogP contribution in [0.5, 0.6) is 0 Å². The number of carbonyl (C=O) groups excluding carboxylic acids is 2. The fraction of sp³-hybridized carbons (Fsp3) is 0.458. The van der Waals surface area contributed by atoms with Crippen LogP contribution in [0, 0.1) is 0 Å². The summed E-state index contributed by atoms with van der Waals surface area (Å²) in [5.74, 6) is 0.761. The predicted octanol–water partition coefficient (Wildman–Crippen LogP) is 1.81. The van der Waals surface area contributed by atoms with E-state index in [1.165, 1.54) is 11.6 Å². The first-order chi connectivity index (χ1) is 15.9. The van der Waals surface area contributed by atoms with Crippen LogP contribution in [0.2, 0.25) is 0 Å². The van der Waals surface area contributed by atoms with Crippen molar-refractivity contribution in [3.8, 4) is 0 Å². The highest BCUT2D eigenvalue weighted by Gasteiger charge is 2.32. The minimum absolute atomic E-state index is 0.000571. The Morgan fingerprint density at radius 3 is 2.79 bits per heavy atom. The van der Waals surface area contributed by atoms with E-state index in [9.17, 15) is 9.59 Å². The monoisotopic (exact) mass is 452 g/mol. The molecule has 0 spiro atoms. The van der Waals surface area contributed by atoms with E-state index >= 15 is 0 Å². The molecule has 3 heterocycles. The molecule has 0 radical (unpaired) electrons. The van der Waals surface area contributed by atoms with Gasteiger partial charge in [-0.15, -0.1) is 0 Å². The molecule has 1 fully saturated rings. The van der Waals surface area contributed by atoms with Gasteiger partial charge in [0.2, 0.25) is 5.91 Å². The van der Waals surface area contributed by atoms with E-state index in [0.717, 1.165) is 36.6 Å². The summed E-state index contributed by atoms with van der Waals surface area (Å²) in [5, 5.41) is 6.79. The number of nitrogens with one attached hydrogen (secondary N) is 2. The Balaban J connectivity index is 1.29. The molecule has 1 unspecified atom stereocenters. The molecule has 33 heavy (non-hydrogen) atoms. The van der Waals surface area contributed by atoms with Crippen LogP contribution in [0.15, 0.2) is 53.3 Å². The van der Waals surface area contributed by atoms with Crippen LogP contribution in [0.3, 0.4) is 0 Å². The van der Waals surface area contributed by atoms with Crippen LogP contribution < -0.4 is 10.6 Å². The fourth-order valence-electron chi connectivity index (χ4n) is 4.23. The van der Waals surface area contributed by atoms with Crippen molar-refractivity contribution in [2.75, 3.05) is 33.3 Å². The molecule has 176 valence electrons. The summed E-state index contributed by atoms with van der Waals surface area (Å²) in [4.78, 5) is 33.8. The number of benzene rings is 1. The molecule has 1 aromatic rings. The third-order valence-corrected chi connectivity index (χ3v) is 6.41. The largest absolute Gasteiger partial charge is 0.444 e. The summed E-state index contributed by atoms with van der Waals surface area (Å²) in [6.45, 7) is 10.6. The van der Waals surface area contributed by atoms with Gasteiger partial charge in [0.25, 0.3) is 0 Å². The SMILES string of the molecule is C=CC(=O)N1CC(N(C)Cc2ccc([C@H](C)NC3N=CC4=C(N3)N(CC)C(=O)OC4)cc2)C1. The van der Waals surface area contributed by atoms with Crippen molar-refractivity contribution in [1.29, 1.82) is 0 Å². The zero-order chi connectivity index (χ0) is 23.5. The van der Waals surface area contributed by atoms with Gasteiger partial charge >= 0.3 is 6.09 Å². The number of nitrogens with zero attached hydrogens (tertiary/aromatic N) is 4. The van der Waals surface area contributed by atoms with Crippen molar-refractivity contribution >= 4 is 18.2 Å². The van der Waals surface area contributed by atoms with Crippen molar-refractivity contribution in [2.45, 2.75) is 38.8 Å². The lowest BCUT2D eigenvalue weighted by Gasteiger charge is -2.43. The minimum Gasteiger partial charge on any atom is -0.444 e. The highest BCUT2D eigenvalue weighted by atomic mass is 16.6. The number of carbonyl (C=O) groups is 2. The minimum atomic E-state index is -0.340. The van der Waals surface area contributed by atoms with Gasteiger partial charge in [0.1, 0.15) is 12.4 Å². The quantitative estimate of drug-likeness (QED) is 0.585. The number of likely N-dealkylation sites (N-methyl/N-ethyl adjacent to an activating group) is 1. The van der Waals surface area contributed by atoms with Gasteiger partial charge in [-0.1, -0.05) is 30.8 Å². The molecule has 9 heteroatoms. The van der Waals surface area contributed by atoms with Crippen LogP contribution in [0.1, 0.15) is 31.0 Å². The van der Waals surface area contributed by atoms with Crippen molar-refractivity contribution < 1.29 is 14.3 Å². The number of hydrogen-bond donors (Lipinski definition) is 2. The van der Waals surface area contributed by atoms with E-state index in [1.807, 2.05) is 6.92 Å². The summed E-state index contributed by atoms with van der Waals surface area (Å²) < 4.78 is 5.17. The van der Waals surface area contributed by atoms with Crippen LogP contribution >= 0.6 is 0 Å². The van der Waals surface area contributed by atoms with Crippen LogP contribution in [0.25, 0.3) is 0 Å². The van der Waals surface area contributed by atoms with E-state index < -0.39 is 0 Å². The van der Waals surface area contributed by atoms with Crippen molar-refractivity contribution in [3.63, 3.8) is 0 Å². The Hall–Kier alpha value is -3.17. The van der Waals surface area contributed by atoms with Crippen molar-refractivity contribution in [3.05, 3.63) is 59.4 Å². The maximum Gasteiger partial charge on any atom is 0.415 e. The predicted molar refractivity (Wildman–Crippen MR) is 126 cm³/mol. The highest BCUT2D eigenvalue weighted by molar-refractivity contribution is 5.87. The lowest BCUT2D eigenvalue weighted by Crippen LogP contribution is -2.59. The normalized spacial score (nSPS) is 21.3. The first-order valence-electron chi connectivity index (χ1n) is 11.3. The molecule has 1 aromatic carbocycles. The van der Waals surface area contributed by atoms with E-state index in [-0.39, 0.29) is 30.9 Å². The Morgan fingerprint density at radius 2 is 2.12 bits per heavy atom. The molecule has 2 N–H and O–H groups in total. The maximum atomic E-state index is 12.0. The molecule has 9 nitrogen and oxygen atoms in total. The molecule has 2 amide bonds. The molecule has 3 aliphatic rings. The van der Waals surface area contributed by atoms with Gasteiger partial charge in [0, 0.05) is 50.1 Å². The van der Waals surface area contributed by atoms with E-state index in [0.29, 0.717) is 12.6 Å². The zero-order valence-corrected chi connectivity index (χ0v) is 19.5. The molecule has 0 aliphatic carbocycles. The molecule has 2 atom stereocenters. The van der Waals surface area contributed by atoms with E-state index in [1.54, 1.807) is 16.0 Å². The second kappa shape index (κ2) is 9.76. The number of aliphatic imine (C=N–C) groups is 1. The number of amides is 2. The third-order valence-electron chi connectivity index (χ3n) is 6.41. The summed E-state index contributed by atoms with van der Waals surface area (Å²) in [6, 6.07) is 8.98. The second-order valence-electron chi connectivity index (χ2n) is 8.64. The average Bonchev–Trinajstić information content (AvgIpc) is 2.78. The van der Waals surface area contributed by atoms with Gasteiger partial charge in [-0.25, -0.2) is 4.79 Å². The topological polar surface area (TPSA) is 89.5 Å². The molecule has 3 aliphatic heterocycles. The Bertz CT molecular complexity index is 967. The van der Waals surface area contributed by atoms with Gasteiger partial charge in [-0.3, -0.25) is 24.9 Å². The average molecular weight is 453 g/mol. The highest BCUT2D eigenvalue weighted by Crippen LogP contribution is 2.21. The Labute approximate surface area is 194 Å². The standard InChI is InChI=1S/C24H32N6O3/c1-5-21(31)29-13-20(14-29)28(4)12-17-7-9-18(10-8-17)16(3)26-23-25-11-19-15-33-24(32)30(6-2)22(19)27-23/h5,7-11,16,20,23,26-27H,1,6,12-15H2,2-4H3/t16-,23?/m0/s1. The van der Waals surface area contributed by atoms with E-state index in [4.69, 9.17) is 4.74 Å². The summed E-state index contributed by atoms with van der Waals surface area (Å²) in [7, 11) is 2.09. The van der Waals surface area contributed by atoms with Gasteiger partial charge in [-0.2, -0.15) is 0 Å². The van der Waals surface area contributed by atoms with Crippen LogP contribution in [-0.4, -0.2) is 78.5 Å². The molecule has 4 rings (SSSR count). The summed E-state index contributed by atoms with van der Waals surface area (Å²) in [5.41, 5.74) is 3.25. The van der Waals surface area contributed by atoms with Crippen LogP contribution in [-0.2, 0) is 16.1 Å². The molecule has 0 aromatic heterocycles. The molecular weight excluding hydrogens is 420 g/mol. The van der Waals surface area contributed by atoms with Gasteiger partial charge < -0.3 is 15.0 Å². The lowest BCUT2D eigenvalue weighted by atomic mass is 10.0. The lowest BCUT2D eigenvalue weighted by molar-refractivity contribution is -0.132. The van der Waals surface area contributed by atoms with E-state index in [2.05, 4.69) is 65.3 Å². The van der Waals surface area contributed by atoms with Gasteiger partial charge in [0.05, 0.1) is 0 Å².